The average Bonchev–Trinajstić information content (AvgIpc) is 2.84. The zero-order chi connectivity index (χ0) is 10.3. The van der Waals surface area contributed by atoms with Gasteiger partial charge in [-0.1, -0.05) is 5.21 Å². The summed E-state index contributed by atoms with van der Waals surface area (Å²) in [6.07, 6.45) is 8.48. The lowest BCUT2D eigenvalue weighted by molar-refractivity contribution is 0.439. The Morgan fingerprint density at radius 3 is 2.87 bits per heavy atom. The molecule has 0 spiro atoms. The molecule has 2 unspecified atom stereocenters. The van der Waals surface area contributed by atoms with Gasteiger partial charge in [0.25, 0.3) is 0 Å². The lowest BCUT2D eigenvalue weighted by atomic mass is 10.2. The first-order chi connectivity index (χ1) is 7.36. The average molecular weight is 206 g/mol. The molecule has 2 aliphatic rings. The molecule has 3 rings (SSSR count). The first kappa shape index (κ1) is 9.33. The number of rotatable bonds is 3. The first-order valence-corrected chi connectivity index (χ1v) is 5.96. The summed E-state index contributed by atoms with van der Waals surface area (Å²) in [4.78, 5) is 0. The Balaban J connectivity index is 1.70. The van der Waals surface area contributed by atoms with E-state index in [2.05, 4.69) is 26.5 Å². The molecule has 1 aromatic rings. The lowest BCUT2D eigenvalue weighted by Gasteiger charge is -2.09. The maximum absolute atomic E-state index is 4.27. The molecule has 4 heteroatoms. The minimum atomic E-state index is 0.572. The summed E-state index contributed by atoms with van der Waals surface area (Å²) in [5.74, 6) is 0.722. The van der Waals surface area contributed by atoms with Gasteiger partial charge < -0.3 is 5.32 Å². The molecule has 1 aromatic heterocycles. The van der Waals surface area contributed by atoms with E-state index < -0.39 is 0 Å². The van der Waals surface area contributed by atoms with Gasteiger partial charge in [0.15, 0.2) is 0 Å². The van der Waals surface area contributed by atoms with Gasteiger partial charge in [-0.25, -0.2) is 4.68 Å². The molecule has 0 aliphatic heterocycles. The molecule has 2 aliphatic carbocycles. The highest BCUT2D eigenvalue weighted by Crippen LogP contribution is 2.39. The van der Waals surface area contributed by atoms with E-state index in [9.17, 15) is 0 Å². The topological polar surface area (TPSA) is 42.7 Å². The van der Waals surface area contributed by atoms with Crippen LogP contribution in [0.5, 0.6) is 0 Å². The summed E-state index contributed by atoms with van der Waals surface area (Å²) in [5, 5.41) is 11.9. The van der Waals surface area contributed by atoms with Crippen LogP contribution in [-0.2, 0) is 0 Å². The third-order valence-electron chi connectivity index (χ3n) is 3.71. The van der Waals surface area contributed by atoms with Gasteiger partial charge in [-0.2, -0.15) is 0 Å². The Morgan fingerprint density at radius 1 is 1.33 bits per heavy atom. The molecule has 2 saturated carbocycles. The quantitative estimate of drug-likeness (QED) is 0.814. The standard InChI is InChI=1S/C11H18N4/c1-12-9-4-5-10(6-9)15-7-11(13-14-15)8-2-3-8/h7-10,12H,2-6H2,1H3. The van der Waals surface area contributed by atoms with Crippen LogP contribution in [0.2, 0.25) is 0 Å². The fourth-order valence-electron chi connectivity index (χ4n) is 2.50. The van der Waals surface area contributed by atoms with Crippen molar-refractivity contribution in [2.45, 2.75) is 50.1 Å². The highest BCUT2D eigenvalue weighted by molar-refractivity contribution is 5.09. The number of nitrogens with one attached hydrogen (secondary N) is 1. The second-order valence-corrected chi connectivity index (χ2v) is 4.85. The minimum Gasteiger partial charge on any atom is -0.317 e. The van der Waals surface area contributed by atoms with Crippen LogP contribution in [0.1, 0.15) is 49.8 Å². The van der Waals surface area contributed by atoms with Crippen molar-refractivity contribution in [1.82, 2.24) is 20.3 Å². The van der Waals surface area contributed by atoms with E-state index in [4.69, 9.17) is 0 Å². The van der Waals surface area contributed by atoms with Crippen LogP contribution in [0.3, 0.4) is 0 Å². The van der Waals surface area contributed by atoms with E-state index in [1.807, 2.05) is 7.05 Å². The second kappa shape index (κ2) is 3.59. The molecule has 82 valence electrons. The lowest BCUT2D eigenvalue weighted by Crippen LogP contribution is -2.21. The monoisotopic (exact) mass is 206 g/mol. The van der Waals surface area contributed by atoms with Crippen molar-refractivity contribution in [2.24, 2.45) is 0 Å². The van der Waals surface area contributed by atoms with Crippen molar-refractivity contribution in [3.63, 3.8) is 0 Å². The fourth-order valence-corrected chi connectivity index (χ4v) is 2.50. The van der Waals surface area contributed by atoms with Crippen LogP contribution in [0.4, 0.5) is 0 Å². The number of hydrogen-bond acceptors (Lipinski definition) is 3. The number of nitrogens with zero attached hydrogens (tertiary/aromatic N) is 3. The van der Waals surface area contributed by atoms with Crippen LogP contribution < -0.4 is 5.32 Å². The Bertz CT molecular complexity index is 342. The van der Waals surface area contributed by atoms with E-state index >= 15 is 0 Å². The summed E-state index contributed by atoms with van der Waals surface area (Å²) >= 11 is 0. The third kappa shape index (κ3) is 1.78. The third-order valence-corrected chi connectivity index (χ3v) is 3.71. The smallest absolute Gasteiger partial charge is 0.0858 e. The maximum atomic E-state index is 4.27. The number of hydrogen-bond donors (Lipinski definition) is 1. The molecule has 1 N–H and O–H groups in total. The first-order valence-electron chi connectivity index (χ1n) is 5.96. The highest BCUT2D eigenvalue weighted by atomic mass is 15.4. The number of aromatic nitrogens is 3. The van der Waals surface area contributed by atoms with Gasteiger partial charge in [-0.05, 0) is 39.2 Å². The van der Waals surface area contributed by atoms with Crippen LogP contribution in [0.15, 0.2) is 6.20 Å². The molecule has 2 atom stereocenters. The Morgan fingerprint density at radius 2 is 2.20 bits per heavy atom. The normalized spacial score (nSPS) is 31.0. The maximum Gasteiger partial charge on any atom is 0.0858 e. The summed E-state index contributed by atoms with van der Waals surface area (Å²) in [6, 6.07) is 1.24. The summed E-state index contributed by atoms with van der Waals surface area (Å²) in [6.45, 7) is 0. The minimum absolute atomic E-state index is 0.572. The van der Waals surface area contributed by atoms with Gasteiger partial charge in [0.05, 0.1) is 11.7 Å². The predicted molar refractivity (Wildman–Crippen MR) is 57.7 cm³/mol. The molecule has 4 nitrogen and oxygen atoms in total. The van der Waals surface area contributed by atoms with Crippen molar-refractivity contribution in [1.29, 1.82) is 0 Å². The summed E-state index contributed by atoms with van der Waals surface area (Å²) < 4.78 is 2.09. The van der Waals surface area contributed by atoms with Crippen molar-refractivity contribution < 1.29 is 0 Å². The molecule has 15 heavy (non-hydrogen) atoms. The van der Waals surface area contributed by atoms with E-state index in [0.29, 0.717) is 12.1 Å². The Kier molecular flexibility index (Phi) is 2.24. The Labute approximate surface area is 90.0 Å². The molecule has 0 radical (unpaired) electrons. The Hall–Kier alpha value is -0.900. The summed E-state index contributed by atoms with van der Waals surface area (Å²) in [7, 11) is 2.05. The largest absolute Gasteiger partial charge is 0.317 e. The van der Waals surface area contributed by atoms with Gasteiger partial charge in [0.1, 0.15) is 0 Å². The van der Waals surface area contributed by atoms with Crippen molar-refractivity contribution in [3.05, 3.63) is 11.9 Å². The summed E-state index contributed by atoms with van der Waals surface area (Å²) in [5.41, 5.74) is 1.21. The SMILES string of the molecule is CNC1CCC(n2cc(C3CC3)nn2)C1. The van der Waals surface area contributed by atoms with Crippen molar-refractivity contribution >= 4 is 0 Å². The van der Waals surface area contributed by atoms with E-state index in [1.54, 1.807) is 0 Å². The fraction of sp³-hybridized carbons (Fsp3) is 0.818. The van der Waals surface area contributed by atoms with Gasteiger partial charge in [0, 0.05) is 18.2 Å². The molecule has 0 amide bonds. The molecule has 0 saturated heterocycles. The van der Waals surface area contributed by atoms with E-state index in [1.165, 1.54) is 37.8 Å². The van der Waals surface area contributed by atoms with Gasteiger partial charge in [-0.15, -0.1) is 5.10 Å². The molecular formula is C11H18N4. The molecule has 0 aromatic carbocycles. The molecule has 2 fully saturated rings. The van der Waals surface area contributed by atoms with Crippen LogP contribution in [0, 0.1) is 0 Å². The van der Waals surface area contributed by atoms with Gasteiger partial charge >= 0.3 is 0 Å². The molecular weight excluding hydrogens is 188 g/mol. The van der Waals surface area contributed by atoms with Crippen molar-refractivity contribution in [2.75, 3.05) is 7.05 Å². The molecule has 1 heterocycles. The highest BCUT2D eigenvalue weighted by Gasteiger charge is 2.29. The van der Waals surface area contributed by atoms with Crippen LogP contribution in [0.25, 0.3) is 0 Å². The van der Waals surface area contributed by atoms with Gasteiger partial charge in [-0.3, -0.25) is 0 Å². The predicted octanol–water partition coefficient (Wildman–Crippen LogP) is 1.47. The zero-order valence-electron chi connectivity index (χ0n) is 9.19. The van der Waals surface area contributed by atoms with Crippen molar-refractivity contribution in [3.8, 4) is 0 Å². The van der Waals surface area contributed by atoms with Crippen LogP contribution >= 0.6 is 0 Å². The zero-order valence-corrected chi connectivity index (χ0v) is 9.19. The van der Waals surface area contributed by atoms with Gasteiger partial charge in [0.2, 0.25) is 0 Å². The van der Waals surface area contributed by atoms with E-state index in [0.717, 1.165) is 5.92 Å². The van der Waals surface area contributed by atoms with E-state index in [-0.39, 0.29) is 0 Å². The van der Waals surface area contributed by atoms with Crippen LogP contribution in [-0.4, -0.2) is 28.1 Å². The molecule has 0 bridgehead atoms. The second-order valence-electron chi connectivity index (χ2n) is 4.85.